The van der Waals surface area contributed by atoms with Gasteiger partial charge >= 0.3 is 0 Å². The second-order valence-electron chi connectivity index (χ2n) is 2.26. The van der Waals surface area contributed by atoms with Gasteiger partial charge in [-0.05, 0) is 6.42 Å². The van der Waals surface area contributed by atoms with E-state index in [9.17, 15) is 0 Å². The van der Waals surface area contributed by atoms with Crippen LogP contribution in [0.25, 0.3) is 0 Å². The van der Waals surface area contributed by atoms with Gasteiger partial charge in [0.05, 0.1) is 12.3 Å². The zero-order chi connectivity index (χ0) is 8.10. The maximum atomic E-state index is 9.08. The third kappa shape index (κ3) is 2.51. The standard InChI is InChI=1S/C7H11N3O/c1-2-7(11)3-5-10-6-4-8-9-10/h2,4,6-7,11H,1,3,5H2. The van der Waals surface area contributed by atoms with Gasteiger partial charge in [-0.15, -0.1) is 11.7 Å². The summed E-state index contributed by atoms with van der Waals surface area (Å²) in [6.07, 6.45) is 5.07. The normalized spacial score (nSPS) is 12.8. The molecule has 0 saturated heterocycles. The summed E-state index contributed by atoms with van der Waals surface area (Å²) in [6, 6.07) is 0. The van der Waals surface area contributed by atoms with Crippen LogP contribution in [0.2, 0.25) is 0 Å². The first-order chi connectivity index (χ1) is 5.33. The van der Waals surface area contributed by atoms with E-state index < -0.39 is 6.10 Å². The van der Waals surface area contributed by atoms with E-state index in [1.165, 1.54) is 6.08 Å². The van der Waals surface area contributed by atoms with Gasteiger partial charge in [0.25, 0.3) is 0 Å². The first-order valence-corrected chi connectivity index (χ1v) is 3.47. The Morgan fingerprint density at radius 1 is 1.73 bits per heavy atom. The highest BCUT2D eigenvalue weighted by Crippen LogP contribution is 1.94. The number of nitrogens with zero attached hydrogens (tertiary/aromatic N) is 3. The Morgan fingerprint density at radius 2 is 2.55 bits per heavy atom. The smallest absolute Gasteiger partial charge is 0.0736 e. The Kier molecular flexibility index (Phi) is 2.80. The van der Waals surface area contributed by atoms with E-state index in [4.69, 9.17) is 5.11 Å². The molecule has 0 saturated carbocycles. The van der Waals surface area contributed by atoms with Gasteiger partial charge in [0, 0.05) is 12.7 Å². The van der Waals surface area contributed by atoms with Crippen molar-refractivity contribution < 1.29 is 5.11 Å². The van der Waals surface area contributed by atoms with Crippen LogP contribution in [0, 0.1) is 0 Å². The predicted molar refractivity (Wildman–Crippen MR) is 40.8 cm³/mol. The fourth-order valence-electron chi connectivity index (χ4n) is 0.734. The van der Waals surface area contributed by atoms with Crippen molar-refractivity contribution >= 4 is 0 Å². The summed E-state index contributed by atoms with van der Waals surface area (Å²) in [4.78, 5) is 0. The van der Waals surface area contributed by atoms with Crippen molar-refractivity contribution in [1.82, 2.24) is 15.0 Å². The summed E-state index contributed by atoms with van der Waals surface area (Å²) in [5.74, 6) is 0. The number of hydrogen-bond acceptors (Lipinski definition) is 3. The van der Waals surface area contributed by atoms with Crippen LogP contribution in [-0.4, -0.2) is 26.2 Å². The summed E-state index contributed by atoms with van der Waals surface area (Å²) in [6.45, 7) is 4.14. The fourth-order valence-corrected chi connectivity index (χ4v) is 0.734. The third-order valence-corrected chi connectivity index (χ3v) is 1.40. The van der Waals surface area contributed by atoms with Crippen molar-refractivity contribution in [1.29, 1.82) is 0 Å². The SMILES string of the molecule is C=CC(O)CCn1ccnn1. The molecule has 0 fully saturated rings. The summed E-state index contributed by atoms with van der Waals surface area (Å²) >= 11 is 0. The second-order valence-corrected chi connectivity index (χ2v) is 2.26. The molecule has 1 atom stereocenters. The van der Waals surface area contributed by atoms with Crippen LogP contribution in [0.15, 0.2) is 25.0 Å². The van der Waals surface area contributed by atoms with Crippen molar-refractivity contribution in [3.05, 3.63) is 25.0 Å². The molecule has 4 heteroatoms. The Bertz CT molecular complexity index is 207. The average molecular weight is 153 g/mol. The predicted octanol–water partition coefficient (Wildman–Crippen LogP) is 0.215. The van der Waals surface area contributed by atoms with Crippen molar-refractivity contribution in [3.8, 4) is 0 Å². The van der Waals surface area contributed by atoms with Crippen molar-refractivity contribution in [2.45, 2.75) is 19.1 Å². The van der Waals surface area contributed by atoms with Crippen LogP contribution in [-0.2, 0) is 6.54 Å². The third-order valence-electron chi connectivity index (χ3n) is 1.40. The van der Waals surface area contributed by atoms with E-state index in [2.05, 4.69) is 16.9 Å². The molecule has 0 radical (unpaired) electrons. The number of aliphatic hydroxyl groups excluding tert-OH is 1. The number of aliphatic hydroxyl groups is 1. The number of hydrogen-bond donors (Lipinski definition) is 1. The van der Waals surface area contributed by atoms with Gasteiger partial charge in [0.2, 0.25) is 0 Å². The van der Waals surface area contributed by atoms with E-state index >= 15 is 0 Å². The zero-order valence-corrected chi connectivity index (χ0v) is 6.22. The molecule has 1 aromatic rings. The summed E-state index contributed by atoms with van der Waals surface area (Å²) < 4.78 is 1.67. The summed E-state index contributed by atoms with van der Waals surface area (Å²) in [7, 11) is 0. The van der Waals surface area contributed by atoms with Crippen LogP contribution < -0.4 is 0 Å². The lowest BCUT2D eigenvalue weighted by Gasteiger charge is -2.03. The number of aromatic nitrogens is 3. The number of rotatable bonds is 4. The molecule has 1 rings (SSSR count). The van der Waals surface area contributed by atoms with Gasteiger partial charge in [-0.1, -0.05) is 11.3 Å². The molecule has 0 aliphatic carbocycles. The first kappa shape index (κ1) is 7.94. The van der Waals surface area contributed by atoms with Crippen molar-refractivity contribution in [2.24, 2.45) is 0 Å². The van der Waals surface area contributed by atoms with Gasteiger partial charge in [-0.3, -0.25) is 4.68 Å². The highest BCUT2D eigenvalue weighted by atomic mass is 16.3. The lowest BCUT2D eigenvalue weighted by molar-refractivity contribution is 0.203. The molecular weight excluding hydrogens is 142 g/mol. The van der Waals surface area contributed by atoms with Gasteiger partial charge in [-0.2, -0.15) is 0 Å². The molecule has 1 aromatic heterocycles. The van der Waals surface area contributed by atoms with E-state index in [1.807, 2.05) is 0 Å². The van der Waals surface area contributed by atoms with Crippen LogP contribution in [0.1, 0.15) is 6.42 Å². The van der Waals surface area contributed by atoms with Crippen LogP contribution >= 0.6 is 0 Å². The minimum Gasteiger partial charge on any atom is -0.389 e. The number of aryl methyl sites for hydroxylation is 1. The first-order valence-electron chi connectivity index (χ1n) is 3.47. The molecule has 60 valence electrons. The Labute approximate surface area is 65.2 Å². The minimum atomic E-state index is -0.445. The molecular formula is C7H11N3O. The van der Waals surface area contributed by atoms with E-state index in [-0.39, 0.29) is 0 Å². The van der Waals surface area contributed by atoms with Gasteiger partial charge in [0.1, 0.15) is 0 Å². The van der Waals surface area contributed by atoms with Crippen molar-refractivity contribution in [3.63, 3.8) is 0 Å². The van der Waals surface area contributed by atoms with Crippen LogP contribution in [0.4, 0.5) is 0 Å². The summed E-state index contributed by atoms with van der Waals surface area (Å²) in [5, 5.41) is 16.5. The quantitative estimate of drug-likeness (QED) is 0.629. The zero-order valence-electron chi connectivity index (χ0n) is 6.22. The topological polar surface area (TPSA) is 50.9 Å². The van der Waals surface area contributed by atoms with Crippen LogP contribution in [0.5, 0.6) is 0 Å². The van der Waals surface area contributed by atoms with Crippen LogP contribution in [0.3, 0.4) is 0 Å². The maximum absolute atomic E-state index is 9.08. The molecule has 1 unspecified atom stereocenters. The second kappa shape index (κ2) is 3.88. The molecule has 0 aromatic carbocycles. The fraction of sp³-hybridized carbons (Fsp3) is 0.429. The molecule has 0 aliphatic heterocycles. The van der Waals surface area contributed by atoms with E-state index in [1.54, 1.807) is 17.1 Å². The monoisotopic (exact) mass is 153 g/mol. The average Bonchev–Trinajstić information content (AvgIpc) is 2.52. The highest BCUT2D eigenvalue weighted by Gasteiger charge is 1.97. The van der Waals surface area contributed by atoms with Crippen molar-refractivity contribution in [2.75, 3.05) is 0 Å². The molecule has 0 spiro atoms. The molecule has 1 N–H and O–H groups in total. The molecule has 11 heavy (non-hydrogen) atoms. The Balaban J connectivity index is 2.28. The van der Waals surface area contributed by atoms with Gasteiger partial charge in [0.15, 0.2) is 0 Å². The molecule has 0 aliphatic rings. The minimum absolute atomic E-state index is 0.445. The summed E-state index contributed by atoms with van der Waals surface area (Å²) in [5.41, 5.74) is 0. The van der Waals surface area contributed by atoms with Gasteiger partial charge in [-0.25, -0.2) is 0 Å². The Hall–Kier alpha value is -1.16. The maximum Gasteiger partial charge on any atom is 0.0736 e. The Morgan fingerprint density at radius 3 is 3.09 bits per heavy atom. The lowest BCUT2D eigenvalue weighted by atomic mass is 10.2. The molecule has 4 nitrogen and oxygen atoms in total. The van der Waals surface area contributed by atoms with Gasteiger partial charge < -0.3 is 5.11 Å². The van der Waals surface area contributed by atoms with E-state index in [0.29, 0.717) is 13.0 Å². The highest BCUT2D eigenvalue weighted by molar-refractivity contribution is 4.77. The largest absolute Gasteiger partial charge is 0.389 e. The van der Waals surface area contributed by atoms with E-state index in [0.717, 1.165) is 0 Å². The molecule has 0 bridgehead atoms. The molecule has 1 heterocycles. The lowest BCUT2D eigenvalue weighted by Crippen LogP contribution is -2.08. The molecule has 0 amide bonds.